The Labute approximate surface area is 172 Å². The number of thioether (sulfide) groups is 1. The summed E-state index contributed by atoms with van der Waals surface area (Å²) >= 11 is 7.17. The standard InChI is InChI=1S/C21H18ClNO4S/c1-4-11-23-20(24)18(13-5-10-16(26-2)17(12-13)27-3)19(21(23)25)28-15-8-6-14(22)7-9-15/h4-10,12H,1,11H2,2-3H3. The molecule has 1 aliphatic heterocycles. The van der Waals surface area contributed by atoms with Gasteiger partial charge in [0.1, 0.15) is 0 Å². The maximum Gasteiger partial charge on any atom is 0.268 e. The number of carbonyl (C=O) groups is 2. The van der Waals surface area contributed by atoms with Crippen molar-refractivity contribution in [2.24, 2.45) is 0 Å². The van der Waals surface area contributed by atoms with Crippen LogP contribution < -0.4 is 9.47 Å². The van der Waals surface area contributed by atoms with Crippen LogP contribution in [0.2, 0.25) is 5.02 Å². The molecule has 0 saturated heterocycles. The van der Waals surface area contributed by atoms with E-state index < -0.39 is 0 Å². The Kier molecular flexibility index (Phi) is 6.11. The summed E-state index contributed by atoms with van der Waals surface area (Å²) in [6.07, 6.45) is 1.53. The van der Waals surface area contributed by atoms with Gasteiger partial charge in [-0.25, -0.2) is 0 Å². The predicted octanol–water partition coefficient (Wildman–Crippen LogP) is 4.42. The van der Waals surface area contributed by atoms with Crippen molar-refractivity contribution >= 4 is 40.8 Å². The van der Waals surface area contributed by atoms with Gasteiger partial charge in [-0.3, -0.25) is 14.5 Å². The number of carbonyl (C=O) groups excluding carboxylic acids is 2. The minimum Gasteiger partial charge on any atom is -0.493 e. The van der Waals surface area contributed by atoms with E-state index in [4.69, 9.17) is 21.1 Å². The van der Waals surface area contributed by atoms with Crippen LogP contribution in [0.5, 0.6) is 11.5 Å². The number of rotatable bonds is 7. The van der Waals surface area contributed by atoms with Crippen molar-refractivity contribution in [3.05, 3.63) is 70.6 Å². The molecule has 2 amide bonds. The average Bonchev–Trinajstić information content (AvgIpc) is 2.93. The van der Waals surface area contributed by atoms with E-state index >= 15 is 0 Å². The zero-order valence-electron chi connectivity index (χ0n) is 15.4. The molecule has 0 fully saturated rings. The van der Waals surface area contributed by atoms with E-state index in [1.807, 2.05) is 0 Å². The first-order valence-corrected chi connectivity index (χ1v) is 9.56. The number of methoxy groups -OCH3 is 2. The Balaban J connectivity index is 2.11. The largest absolute Gasteiger partial charge is 0.493 e. The van der Waals surface area contributed by atoms with Gasteiger partial charge in [-0.15, -0.1) is 6.58 Å². The second-order valence-electron chi connectivity index (χ2n) is 5.84. The van der Waals surface area contributed by atoms with Gasteiger partial charge in [-0.2, -0.15) is 0 Å². The molecule has 0 atom stereocenters. The highest BCUT2D eigenvalue weighted by Crippen LogP contribution is 2.41. The molecule has 2 aromatic carbocycles. The van der Waals surface area contributed by atoms with Gasteiger partial charge in [-0.05, 0) is 42.0 Å². The SMILES string of the molecule is C=CCN1C(=O)C(Sc2ccc(Cl)cc2)=C(c2ccc(OC)c(OC)c2)C1=O. The second kappa shape index (κ2) is 8.54. The van der Waals surface area contributed by atoms with Gasteiger partial charge in [0.15, 0.2) is 11.5 Å². The Morgan fingerprint density at radius 2 is 1.71 bits per heavy atom. The summed E-state index contributed by atoms with van der Waals surface area (Å²) in [6.45, 7) is 3.78. The number of imide groups is 1. The number of ether oxygens (including phenoxy) is 2. The lowest BCUT2D eigenvalue weighted by Gasteiger charge is -2.12. The fraction of sp³-hybridized carbons (Fsp3) is 0.143. The van der Waals surface area contributed by atoms with E-state index in [0.717, 1.165) is 4.90 Å². The topological polar surface area (TPSA) is 55.8 Å². The molecule has 1 heterocycles. The van der Waals surface area contributed by atoms with Crippen LogP contribution in [-0.2, 0) is 9.59 Å². The van der Waals surface area contributed by atoms with Crippen LogP contribution in [0, 0.1) is 0 Å². The molecule has 1 aliphatic rings. The predicted molar refractivity (Wildman–Crippen MR) is 111 cm³/mol. The second-order valence-corrected chi connectivity index (χ2v) is 7.36. The van der Waals surface area contributed by atoms with Crippen molar-refractivity contribution in [2.75, 3.05) is 20.8 Å². The summed E-state index contributed by atoms with van der Waals surface area (Å²) in [7, 11) is 3.06. The minimum atomic E-state index is -0.367. The molecular formula is C21H18ClNO4S. The van der Waals surface area contributed by atoms with E-state index in [2.05, 4.69) is 6.58 Å². The monoisotopic (exact) mass is 415 g/mol. The normalized spacial score (nSPS) is 13.9. The van der Waals surface area contributed by atoms with E-state index in [1.165, 1.54) is 37.0 Å². The van der Waals surface area contributed by atoms with Gasteiger partial charge in [0.25, 0.3) is 11.8 Å². The van der Waals surface area contributed by atoms with Crippen molar-refractivity contribution in [2.45, 2.75) is 4.90 Å². The molecule has 0 aromatic heterocycles. The zero-order chi connectivity index (χ0) is 20.3. The molecule has 7 heteroatoms. The summed E-state index contributed by atoms with van der Waals surface area (Å²) in [5, 5.41) is 0.598. The van der Waals surface area contributed by atoms with Crippen molar-refractivity contribution in [1.82, 2.24) is 4.90 Å². The third kappa shape index (κ3) is 3.79. The van der Waals surface area contributed by atoms with Crippen molar-refractivity contribution in [3.63, 3.8) is 0 Å². The van der Waals surface area contributed by atoms with Crippen LogP contribution in [0.4, 0.5) is 0 Å². The number of benzene rings is 2. The number of hydrogen-bond donors (Lipinski definition) is 0. The molecule has 0 unspecified atom stereocenters. The lowest BCUT2D eigenvalue weighted by atomic mass is 10.1. The lowest BCUT2D eigenvalue weighted by Crippen LogP contribution is -2.31. The van der Waals surface area contributed by atoms with Crippen LogP contribution in [-0.4, -0.2) is 37.5 Å². The Hall–Kier alpha value is -2.70. The van der Waals surface area contributed by atoms with Crippen LogP contribution in [0.1, 0.15) is 5.56 Å². The molecule has 2 aromatic rings. The van der Waals surface area contributed by atoms with E-state index in [9.17, 15) is 9.59 Å². The van der Waals surface area contributed by atoms with E-state index in [0.29, 0.717) is 32.6 Å². The molecule has 0 N–H and O–H groups in total. The van der Waals surface area contributed by atoms with Crippen LogP contribution in [0.15, 0.2) is 64.9 Å². The average molecular weight is 416 g/mol. The first-order valence-electron chi connectivity index (χ1n) is 8.37. The first-order chi connectivity index (χ1) is 13.5. The maximum atomic E-state index is 13.0. The molecule has 0 saturated carbocycles. The molecule has 0 spiro atoms. The van der Waals surface area contributed by atoms with Crippen molar-refractivity contribution in [1.29, 1.82) is 0 Å². The lowest BCUT2D eigenvalue weighted by molar-refractivity contribution is -0.135. The maximum absolute atomic E-state index is 13.0. The van der Waals surface area contributed by atoms with E-state index in [1.54, 1.807) is 42.5 Å². The van der Waals surface area contributed by atoms with Gasteiger partial charge in [0.05, 0.1) is 24.7 Å². The summed E-state index contributed by atoms with van der Waals surface area (Å²) < 4.78 is 10.6. The molecule has 144 valence electrons. The Bertz CT molecular complexity index is 969. The number of hydrogen-bond acceptors (Lipinski definition) is 5. The fourth-order valence-electron chi connectivity index (χ4n) is 2.81. The van der Waals surface area contributed by atoms with Crippen LogP contribution in [0.25, 0.3) is 5.57 Å². The van der Waals surface area contributed by atoms with E-state index in [-0.39, 0.29) is 18.4 Å². The summed E-state index contributed by atoms with van der Waals surface area (Å²) in [4.78, 5) is 28.3. The quantitative estimate of drug-likeness (QED) is 0.495. The molecule has 0 radical (unpaired) electrons. The number of amides is 2. The van der Waals surface area contributed by atoms with Gasteiger partial charge in [-0.1, -0.05) is 35.5 Å². The first kappa shape index (κ1) is 20.0. The van der Waals surface area contributed by atoms with Crippen LogP contribution >= 0.6 is 23.4 Å². The van der Waals surface area contributed by atoms with Crippen LogP contribution in [0.3, 0.4) is 0 Å². The molecule has 5 nitrogen and oxygen atoms in total. The summed E-state index contributed by atoms with van der Waals surface area (Å²) in [6, 6.07) is 12.2. The molecule has 0 bridgehead atoms. The Morgan fingerprint density at radius 3 is 2.32 bits per heavy atom. The number of halogens is 1. The molecule has 0 aliphatic carbocycles. The molecule has 28 heavy (non-hydrogen) atoms. The third-order valence-corrected chi connectivity index (χ3v) is 5.49. The third-order valence-electron chi connectivity index (χ3n) is 4.14. The Morgan fingerprint density at radius 1 is 1.04 bits per heavy atom. The van der Waals surface area contributed by atoms with Gasteiger partial charge in [0, 0.05) is 16.5 Å². The highest BCUT2D eigenvalue weighted by Gasteiger charge is 2.39. The van der Waals surface area contributed by atoms with Crippen molar-refractivity contribution in [3.8, 4) is 11.5 Å². The van der Waals surface area contributed by atoms with Gasteiger partial charge < -0.3 is 9.47 Å². The summed E-state index contributed by atoms with van der Waals surface area (Å²) in [5.41, 5.74) is 0.909. The van der Waals surface area contributed by atoms with Gasteiger partial charge in [0.2, 0.25) is 0 Å². The zero-order valence-corrected chi connectivity index (χ0v) is 17.0. The van der Waals surface area contributed by atoms with Crippen molar-refractivity contribution < 1.29 is 19.1 Å². The summed E-state index contributed by atoms with van der Waals surface area (Å²) in [5.74, 6) is 0.299. The smallest absolute Gasteiger partial charge is 0.268 e. The highest BCUT2D eigenvalue weighted by molar-refractivity contribution is 8.04. The fourth-order valence-corrected chi connectivity index (χ4v) is 3.95. The molecule has 3 rings (SSSR count). The molecular weight excluding hydrogens is 398 g/mol. The number of nitrogens with zero attached hydrogens (tertiary/aromatic N) is 1. The van der Waals surface area contributed by atoms with Gasteiger partial charge >= 0.3 is 0 Å². The minimum absolute atomic E-state index is 0.138. The highest BCUT2D eigenvalue weighted by atomic mass is 35.5.